The molecule has 1 fully saturated rings. The number of halogens is 1. The molecule has 1 atom stereocenters. The number of hydrogen-bond acceptors (Lipinski definition) is 4. The molecular formula is C15H21IN4S. The highest BCUT2D eigenvalue weighted by Crippen LogP contribution is 2.24. The first-order chi connectivity index (χ1) is 10.3. The molecule has 114 valence electrons. The van der Waals surface area contributed by atoms with Crippen LogP contribution in [0.15, 0.2) is 24.4 Å². The smallest absolute Gasteiger partial charge is 0.0820 e. The Bertz CT molecular complexity index is 594. The van der Waals surface area contributed by atoms with Crippen LogP contribution in [0, 0.1) is 0 Å². The molecule has 0 aliphatic carbocycles. The van der Waals surface area contributed by atoms with Crippen LogP contribution in [0.25, 0.3) is 10.9 Å². The van der Waals surface area contributed by atoms with E-state index >= 15 is 0 Å². The van der Waals surface area contributed by atoms with Crippen LogP contribution in [0.2, 0.25) is 0 Å². The summed E-state index contributed by atoms with van der Waals surface area (Å²) in [5.41, 5.74) is 8.57. The zero-order chi connectivity index (χ0) is 14.7. The van der Waals surface area contributed by atoms with Gasteiger partial charge in [-0.3, -0.25) is 4.90 Å². The third kappa shape index (κ3) is 3.55. The SMILES string of the molecule is NC[C@H](Cc1ccc2c(cnn2SI)c1)N1CCCCC1. The van der Waals surface area contributed by atoms with Crippen LogP contribution in [0.1, 0.15) is 24.8 Å². The predicted molar refractivity (Wildman–Crippen MR) is 98.7 cm³/mol. The number of rotatable bonds is 5. The Morgan fingerprint density at radius 2 is 2.10 bits per heavy atom. The third-order valence-corrected chi connectivity index (χ3v) is 5.86. The molecule has 6 heteroatoms. The molecule has 1 aromatic carbocycles. The van der Waals surface area contributed by atoms with Gasteiger partial charge in [-0.2, -0.15) is 9.19 Å². The van der Waals surface area contributed by atoms with Crippen molar-refractivity contribution in [2.75, 3.05) is 19.6 Å². The molecule has 0 radical (unpaired) electrons. The van der Waals surface area contributed by atoms with Crippen LogP contribution in [0.5, 0.6) is 0 Å². The van der Waals surface area contributed by atoms with Gasteiger partial charge in [0.05, 0.1) is 11.7 Å². The molecule has 1 aromatic heterocycles. The number of benzene rings is 1. The lowest BCUT2D eigenvalue weighted by Gasteiger charge is -2.34. The molecule has 0 spiro atoms. The van der Waals surface area contributed by atoms with Gasteiger partial charge in [-0.25, -0.2) is 0 Å². The Balaban J connectivity index is 1.76. The minimum atomic E-state index is 0.469. The Labute approximate surface area is 142 Å². The van der Waals surface area contributed by atoms with Gasteiger partial charge >= 0.3 is 0 Å². The molecule has 4 nitrogen and oxygen atoms in total. The summed E-state index contributed by atoms with van der Waals surface area (Å²) in [7, 11) is 1.60. The van der Waals surface area contributed by atoms with E-state index in [0.29, 0.717) is 6.04 Å². The van der Waals surface area contributed by atoms with Crippen LogP contribution in [0.3, 0.4) is 0 Å². The van der Waals surface area contributed by atoms with E-state index in [2.05, 4.69) is 49.4 Å². The van der Waals surface area contributed by atoms with Crippen molar-refractivity contribution in [2.45, 2.75) is 31.7 Å². The predicted octanol–water partition coefficient (Wildman–Crippen LogP) is 3.24. The molecule has 3 rings (SSSR count). The van der Waals surface area contributed by atoms with Gasteiger partial charge in [-0.15, -0.1) is 0 Å². The minimum absolute atomic E-state index is 0.469. The summed E-state index contributed by atoms with van der Waals surface area (Å²) in [6.45, 7) is 3.14. The maximum atomic E-state index is 6.03. The highest BCUT2D eigenvalue weighted by molar-refractivity contribution is 14.2. The van der Waals surface area contributed by atoms with Gasteiger partial charge in [0.15, 0.2) is 0 Å². The van der Waals surface area contributed by atoms with E-state index in [0.717, 1.165) is 13.0 Å². The molecule has 2 heterocycles. The van der Waals surface area contributed by atoms with Crippen molar-refractivity contribution in [2.24, 2.45) is 5.73 Å². The van der Waals surface area contributed by atoms with Crippen LogP contribution in [-0.2, 0) is 6.42 Å². The van der Waals surface area contributed by atoms with Crippen LogP contribution >= 0.6 is 30.3 Å². The quantitative estimate of drug-likeness (QED) is 0.761. The fourth-order valence-electron chi connectivity index (χ4n) is 3.16. The second-order valence-corrected chi connectivity index (χ2v) is 7.34. The molecule has 0 bridgehead atoms. The fraction of sp³-hybridized carbons (Fsp3) is 0.533. The maximum absolute atomic E-state index is 6.03. The van der Waals surface area contributed by atoms with Gasteiger partial charge in [-0.05, 0) is 50.0 Å². The fourth-order valence-corrected chi connectivity index (χ4v) is 4.42. The van der Waals surface area contributed by atoms with Crippen LogP contribution in [-0.4, -0.2) is 39.8 Å². The highest BCUT2D eigenvalue weighted by atomic mass is 127. The van der Waals surface area contributed by atoms with Crippen molar-refractivity contribution in [1.82, 2.24) is 14.1 Å². The topological polar surface area (TPSA) is 47.1 Å². The number of hydrogen-bond donors (Lipinski definition) is 1. The van der Waals surface area contributed by atoms with E-state index in [9.17, 15) is 0 Å². The maximum Gasteiger partial charge on any atom is 0.0820 e. The van der Waals surface area contributed by atoms with Gasteiger partial charge in [-0.1, -0.05) is 12.5 Å². The molecule has 0 saturated carbocycles. The summed E-state index contributed by atoms with van der Waals surface area (Å²) < 4.78 is 1.95. The van der Waals surface area contributed by atoms with Crippen molar-refractivity contribution < 1.29 is 0 Å². The van der Waals surface area contributed by atoms with Crippen molar-refractivity contribution >= 4 is 41.2 Å². The normalized spacial score (nSPS) is 18.2. The molecule has 2 N–H and O–H groups in total. The Morgan fingerprint density at radius 3 is 2.81 bits per heavy atom. The third-order valence-electron chi connectivity index (χ3n) is 4.32. The van der Waals surface area contributed by atoms with E-state index in [-0.39, 0.29) is 0 Å². The van der Waals surface area contributed by atoms with Gasteiger partial charge in [0.2, 0.25) is 0 Å². The van der Waals surface area contributed by atoms with Crippen molar-refractivity contribution in [1.29, 1.82) is 0 Å². The Kier molecular flexibility index (Phi) is 5.42. The van der Waals surface area contributed by atoms with E-state index < -0.39 is 0 Å². The molecule has 1 aliphatic rings. The van der Waals surface area contributed by atoms with Crippen LogP contribution in [0.4, 0.5) is 0 Å². The second kappa shape index (κ2) is 7.30. The molecule has 1 saturated heterocycles. The lowest BCUT2D eigenvalue weighted by molar-refractivity contribution is 0.166. The van der Waals surface area contributed by atoms with Gasteiger partial charge < -0.3 is 5.73 Å². The number of nitrogens with two attached hydrogens (primary N) is 1. The number of piperidine rings is 1. The summed E-state index contributed by atoms with van der Waals surface area (Å²) in [6, 6.07) is 7.13. The van der Waals surface area contributed by atoms with Crippen molar-refractivity contribution in [3.63, 3.8) is 0 Å². The first kappa shape index (κ1) is 15.6. The van der Waals surface area contributed by atoms with Gasteiger partial charge in [0, 0.05) is 48.3 Å². The number of nitrogens with zero attached hydrogens (tertiary/aromatic N) is 3. The number of fused-ring (bicyclic) bond motifs is 1. The molecule has 0 amide bonds. The molecule has 2 aromatic rings. The molecule has 0 unspecified atom stereocenters. The zero-order valence-electron chi connectivity index (χ0n) is 12.0. The van der Waals surface area contributed by atoms with E-state index in [1.54, 1.807) is 9.12 Å². The average Bonchev–Trinajstić information content (AvgIpc) is 2.95. The Hall–Kier alpha value is -0.310. The standard InChI is InChI=1S/C15H21IN4S/c16-21-20-15-5-4-12(8-13(15)11-18-20)9-14(10-17)19-6-2-1-3-7-19/h4-5,8,11,14H,1-3,6-7,9-10,17H2/t14-/m0/s1. The number of aromatic nitrogens is 2. The lowest BCUT2D eigenvalue weighted by atomic mass is 10.0. The molecule has 1 aliphatic heterocycles. The minimum Gasteiger partial charge on any atom is -0.329 e. The van der Waals surface area contributed by atoms with Crippen LogP contribution < -0.4 is 5.73 Å². The zero-order valence-corrected chi connectivity index (χ0v) is 15.0. The van der Waals surface area contributed by atoms with E-state index in [4.69, 9.17) is 5.73 Å². The van der Waals surface area contributed by atoms with Crippen molar-refractivity contribution in [3.05, 3.63) is 30.0 Å². The second-order valence-electron chi connectivity index (χ2n) is 5.67. The summed E-state index contributed by atoms with van der Waals surface area (Å²) in [4.78, 5) is 2.57. The molecule has 21 heavy (non-hydrogen) atoms. The van der Waals surface area contributed by atoms with E-state index in [1.165, 1.54) is 48.8 Å². The van der Waals surface area contributed by atoms with Gasteiger partial charge in [0.25, 0.3) is 0 Å². The Morgan fingerprint density at radius 1 is 1.29 bits per heavy atom. The summed E-state index contributed by atoms with van der Waals surface area (Å²) in [5.74, 6) is 0. The average molecular weight is 416 g/mol. The number of likely N-dealkylation sites (tertiary alicyclic amines) is 1. The van der Waals surface area contributed by atoms with Gasteiger partial charge in [0.1, 0.15) is 0 Å². The summed E-state index contributed by atoms with van der Waals surface area (Å²) in [6.07, 6.45) is 6.98. The first-order valence-electron chi connectivity index (χ1n) is 7.51. The lowest BCUT2D eigenvalue weighted by Crippen LogP contribution is -2.44. The highest BCUT2D eigenvalue weighted by Gasteiger charge is 2.19. The molecular weight excluding hydrogens is 395 g/mol. The van der Waals surface area contributed by atoms with Crippen molar-refractivity contribution in [3.8, 4) is 0 Å². The monoisotopic (exact) mass is 416 g/mol. The van der Waals surface area contributed by atoms with E-state index in [1.807, 2.05) is 10.3 Å². The largest absolute Gasteiger partial charge is 0.329 e. The summed E-state index contributed by atoms with van der Waals surface area (Å²) in [5, 5.41) is 5.60. The summed E-state index contributed by atoms with van der Waals surface area (Å²) >= 11 is 2.26. The first-order valence-corrected chi connectivity index (χ1v) is 10.8.